The topological polar surface area (TPSA) is 54.0 Å². The fraction of sp³-hybridized carbons (Fsp3) is 0.500. The lowest BCUT2D eigenvalue weighted by Gasteiger charge is -2.32. The first-order chi connectivity index (χ1) is 9.69. The Labute approximate surface area is 119 Å². The molecular weight excluding hydrogens is 258 g/mol. The summed E-state index contributed by atoms with van der Waals surface area (Å²) in [6.07, 6.45) is 0. The average Bonchev–Trinajstić information content (AvgIpc) is 2.48. The number of hydrogen-bond donors (Lipinski definition) is 1. The highest BCUT2D eigenvalue weighted by atomic mass is 16.5. The van der Waals surface area contributed by atoms with Gasteiger partial charge in [-0.05, 0) is 19.2 Å². The van der Waals surface area contributed by atoms with E-state index in [0.29, 0.717) is 11.5 Å². The molecule has 20 heavy (non-hydrogen) atoms. The Hall–Kier alpha value is -1.79. The minimum Gasteiger partial charge on any atom is -0.493 e. The molecule has 0 atom stereocenters. The first-order valence-electron chi connectivity index (χ1n) is 6.68. The zero-order valence-corrected chi connectivity index (χ0v) is 12.0. The Balaban J connectivity index is 1.77. The van der Waals surface area contributed by atoms with Crippen LogP contribution >= 0.6 is 0 Å². The number of hydrazine groups is 1. The molecule has 1 amide bonds. The monoisotopic (exact) mass is 279 g/mol. The molecule has 6 nitrogen and oxygen atoms in total. The molecule has 6 heteroatoms. The number of carbonyl (C=O) groups excluding carboxylic acids is 1. The summed E-state index contributed by atoms with van der Waals surface area (Å²) in [6.45, 7) is 3.54. The summed E-state index contributed by atoms with van der Waals surface area (Å²) in [5, 5.41) is 1.92. The first-order valence-corrected chi connectivity index (χ1v) is 6.68. The van der Waals surface area contributed by atoms with Crippen LogP contribution in [0.4, 0.5) is 0 Å². The van der Waals surface area contributed by atoms with Crippen LogP contribution in [0.15, 0.2) is 24.3 Å². The van der Waals surface area contributed by atoms with Crippen molar-refractivity contribution in [3.63, 3.8) is 0 Å². The number of nitrogens with one attached hydrogen (secondary N) is 1. The molecule has 0 aromatic heterocycles. The Kier molecular flexibility index (Phi) is 5.20. The van der Waals surface area contributed by atoms with Crippen molar-refractivity contribution in [1.82, 2.24) is 15.3 Å². The zero-order chi connectivity index (χ0) is 14.4. The highest BCUT2D eigenvalue weighted by molar-refractivity contribution is 5.77. The van der Waals surface area contributed by atoms with Gasteiger partial charge in [0.05, 0.1) is 7.11 Å². The Morgan fingerprint density at radius 1 is 1.20 bits per heavy atom. The fourth-order valence-corrected chi connectivity index (χ4v) is 2.01. The molecule has 1 aliphatic heterocycles. The van der Waals surface area contributed by atoms with Crippen molar-refractivity contribution in [2.24, 2.45) is 0 Å². The normalized spacial score (nSPS) is 16.7. The van der Waals surface area contributed by atoms with Gasteiger partial charge < -0.3 is 14.4 Å². The van der Waals surface area contributed by atoms with Gasteiger partial charge in [0.25, 0.3) is 5.91 Å². The number of carbonyl (C=O) groups is 1. The standard InChI is InChI=1S/C14H21N3O3/c1-16-7-9-17(10-8-16)15-14(18)11-20-13-6-4-3-5-12(13)19-2/h3-6H,7-11H2,1-2H3,(H,15,18). The van der Waals surface area contributed by atoms with Crippen molar-refractivity contribution < 1.29 is 14.3 Å². The van der Waals surface area contributed by atoms with Gasteiger partial charge in [0.15, 0.2) is 18.1 Å². The average molecular weight is 279 g/mol. The van der Waals surface area contributed by atoms with Crippen LogP contribution in [0, 0.1) is 0 Å². The number of ether oxygens (including phenoxy) is 2. The molecule has 1 aromatic carbocycles. The Morgan fingerprint density at radius 3 is 2.50 bits per heavy atom. The van der Waals surface area contributed by atoms with Crippen molar-refractivity contribution in [2.45, 2.75) is 0 Å². The molecule has 0 spiro atoms. The molecular formula is C14H21N3O3. The van der Waals surface area contributed by atoms with Crippen LogP contribution in [0.2, 0.25) is 0 Å². The summed E-state index contributed by atoms with van der Waals surface area (Å²) in [6, 6.07) is 7.28. The molecule has 0 radical (unpaired) electrons. The first kappa shape index (κ1) is 14.6. The maximum atomic E-state index is 11.8. The number of benzene rings is 1. The van der Waals surface area contributed by atoms with E-state index >= 15 is 0 Å². The second-order valence-corrected chi connectivity index (χ2v) is 4.76. The van der Waals surface area contributed by atoms with Crippen molar-refractivity contribution in [3.8, 4) is 11.5 Å². The van der Waals surface area contributed by atoms with E-state index in [1.807, 2.05) is 17.1 Å². The van der Waals surface area contributed by atoms with Crippen LogP contribution < -0.4 is 14.9 Å². The lowest BCUT2D eigenvalue weighted by atomic mass is 10.3. The molecule has 1 aromatic rings. The van der Waals surface area contributed by atoms with Crippen LogP contribution in [-0.4, -0.2) is 62.8 Å². The van der Waals surface area contributed by atoms with Gasteiger partial charge in [-0.15, -0.1) is 0 Å². The van der Waals surface area contributed by atoms with Crippen molar-refractivity contribution in [3.05, 3.63) is 24.3 Å². The van der Waals surface area contributed by atoms with Gasteiger partial charge in [-0.1, -0.05) is 12.1 Å². The van der Waals surface area contributed by atoms with Gasteiger partial charge in [0.1, 0.15) is 0 Å². The molecule has 110 valence electrons. The summed E-state index contributed by atoms with van der Waals surface area (Å²) in [4.78, 5) is 14.1. The van der Waals surface area contributed by atoms with E-state index in [1.54, 1.807) is 19.2 Å². The van der Waals surface area contributed by atoms with Crippen LogP contribution in [0.3, 0.4) is 0 Å². The van der Waals surface area contributed by atoms with Gasteiger partial charge in [0.2, 0.25) is 0 Å². The van der Waals surface area contributed by atoms with E-state index in [9.17, 15) is 4.79 Å². The Bertz CT molecular complexity index is 445. The zero-order valence-electron chi connectivity index (χ0n) is 12.0. The molecule has 0 aliphatic carbocycles. The molecule has 1 fully saturated rings. The minimum absolute atomic E-state index is 0.0211. The van der Waals surface area contributed by atoms with E-state index in [1.165, 1.54) is 0 Å². The molecule has 1 heterocycles. The van der Waals surface area contributed by atoms with E-state index in [2.05, 4.69) is 17.4 Å². The Morgan fingerprint density at radius 2 is 1.85 bits per heavy atom. The third-order valence-corrected chi connectivity index (χ3v) is 3.21. The maximum Gasteiger partial charge on any atom is 0.272 e. The molecule has 2 rings (SSSR count). The van der Waals surface area contributed by atoms with Gasteiger partial charge in [-0.2, -0.15) is 0 Å². The predicted molar refractivity (Wildman–Crippen MR) is 75.7 cm³/mol. The molecule has 0 unspecified atom stereocenters. The van der Waals surface area contributed by atoms with Gasteiger partial charge in [-0.3, -0.25) is 10.2 Å². The summed E-state index contributed by atoms with van der Waals surface area (Å²) in [5.74, 6) is 1.05. The van der Waals surface area contributed by atoms with Crippen molar-refractivity contribution in [2.75, 3.05) is 46.9 Å². The number of hydrogen-bond acceptors (Lipinski definition) is 5. The minimum atomic E-state index is -0.152. The molecule has 1 N–H and O–H groups in total. The summed E-state index contributed by atoms with van der Waals surface area (Å²) in [7, 11) is 3.65. The third-order valence-electron chi connectivity index (χ3n) is 3.21. The molecule has 0 saturated carbocycles. The number of amides is 1. The second kappa shape index (κ2) is 7.12. The number of piperazine rings is 1. The number of likely N-dealkylation sites (N-methyl/N-ethyl adjacent to an activating group) is 1. The number of nitrogens with zero attached hydrogens (tertiary/aromatic N) is 2. The van der Waals surface area contributed by atoms with E-state index < -0.39 is 0 Å². The fourth-order valence-electron chi connectivity index (χ4n) is 2.01. The summed E-state index contributed by atoms with van der Waals surface area (Å²) in [5.41, 5.74) is 2.85. The van der Waals surface area contributed by atoms with Crippen LogP contribution in [0.1, 0.15) is 0 Å². The third kappa shape index (κ3) is 4.11. The van der Waals surface area contributed by atoms with Crippen LogP contribution in [-0.2, 0) is 4.79 Å². The molecule has 1 aliphatic rings. The number of para-hydroxylation sites is 2. The molecule has 1 saturated heterocycles. The van der Waals surface area contributed by atoms with Gasteiger partial charge in [-0.25, -0.2) is 5.01 Å². The van der Waals surface area contributed by atoms with Gasteiger partial charge in [0, 0.05) is 26.2 Å². The van der Waals surface area contributed by atoms with E-state index in [4.69, 9.17) is 9.47 Å². The smallest absolute Gasteiger partial charge is 0.272 e. The largest absolute Gasteiger partial charge is 0.493 e. The van der Waals surface area contributed by atoms with Gasteiger partial charge >= 0.3 is 0 Å². The van der Waals surface area contributed by atoms with Crippen molar-refractivity contribution >= 4 is 5.91 Å². The highest BCUT2D eigenvalue weighted by Crippen LogP contribution is 2.25. The second-order valence-electron chi connectivity index (χ2n) is 4.76. The number of methoxy groups -OCH3 is 1. The maximum absolute atomic E-state index is 11.8. The van der Waals surface area contributed by atoms with Crippen LogP contribution in [0.25, 0.3) is 0 Å². The van der Waals surface area contributed by atoms with Crippen molar-refractivity contribution in [1.29, 1.82) is 0 Å². The van der Waals surface area contributed by atoms with Crippen LogP contribution in [0.5, 0.6) is 11.5 Å². The van der Waals surface area contributed by atoms with E-state index in [0.717, 1.165) is 26.2 Å². The summed E-state index contributed by atoms with van der Waals surface area (Å²) < 4.78 is 10.6. The molecule has 0 bridgehead atoms. The highest BCUT2D eigenvalue weighted by Gasteiger charge is 2.16. The summed E-state index contributed by atoms with van der Waals surface area (Å²) >= 11 is 0. The number of rotatable bonds is 5. The van der Waals surface area contributed by atoms with E-state index in [-0.39, 0.29) is 12.5 Å². The predicted octanol–water partition coefficient (Wildman–Crippen LogP) is 0.353. The SMILES string of the molecule is COc1ccccc1OCC(=O)NN1CCN(C)CC1. The quantitative estimate of drug-likeness (QED) is 0.843. The lowest BCUT2D eigenvalue weighted by molar-refractivity contribution is -0.128. The lowest BCUT2D eigenvalue weighted by Crippen LogP contribution is -2.53.